The average Bonchev–Trinajstić information content (AvgIpc) is 2.82. The van der Waals surface area contributed by atoms with Crippen LogP contribution in [0.4, 0.5) is 11.5 Å². The van der Waals surface area contributed by atoms with Gasteiger partial charge in [0.2, 0.25) is 5.88 Å². The first kappa shape index (κ1) is 13.6. The van der Waals surface area contributed by atoms with Crippen LogP contribution >= 0.6 is 11.3 Å². The number of rotatable bonds is 6. The molecule has 0 spiro atoms. The minimum atomic E-state index is 0.446. The summed E-state index contributed by atoms with van der Waals surface area (Å²) in [6, 6.07) is 0. The number of thiophene rings is 1. The van der Waals surface area contributed by atoms with Gasteiger partial charge in [0.15, 0.2) is 5.82 Å². The van der Waals surface area contributed by atoms with Crippen LogP contribution in [0.5, 0.6) is 5.88 Å². The van der Waals surface area contributed by atoms with Gasteiger partial charge in [0.05, 0.1) is 6.61 Å². The molecule has 2 heterocycles. The van der Waals surface area contributed by atoms with Crippen LogP contribution in [0.15, 0.2) is 17.1 Å². The van der Waals surface area contributed by atoms with Crippen molar-refractivity contribution < 1.29 is 4.74 Å². The maximum atomic E-state index is 5.99. The van der Waals surface area contributed by atoms with E-state index in [1.165, 1.54) is 17.5 Å². The summed E-state index contributed by atoms with van der Waals surface area (Å²) in [6.45, 7) is 5.43. The monoisotopic (exact) mass is 278 g/mol. The summed E-state index contributed by atoms with van der Waals surface area (Å²) in [4.78, 5) is 8.20. The molecule has 0 unspecified atom stereocenters. The molecule has 0 fully saturated rings. The maximum Gasteiger partial charge on any atom is 0.242 e. The molecule has 0 atom stereocenters. The van der Waals surface area contributed by atoms with Gasteiger partial charge in [-0.25, -0.2) is 4.98 Å². The van der Waals surface area contributed by atoms with E-state index in [2.05, 4.69) is 33.0 Å². The normalized spacial score (nSPS) is 10.4. The van der Waals surface area contributed by atoms with Crippen LogP contribution in [0, 0.1) is 6.92 Å². The van der Waals surface area contributed by atoms with Gasteiger partial charge in [0.1, 0.15) is 12.0 Å². The highest BCUT2D eigenvalue weighted by atomic mass is 32.1. The fraction of sp³-hybridized carbons (Fsp3) is 0.385. The molecule has 2 aromatic heterocycles. The summed E-state index contributed by atoms with van der Waals surface area (Å²) in [5, 5.41) is 7.46. The predicted octanol–water partition coefficient (Wildman–Crippen LogP) is 2.83. The number of nitrogens with zero attached hydrogens (tertiary/aromatic N) is 2. The number of nitrogen functional groups attached to an aromatic ring is 1. The lowest BCUT2D eigenvalue weighted by Crippen LogP contribution is -2.08. The molecule has 19 heavy (non-hydrogen) atoms. The van der Waals surface area contributed by atoms with Gasteiger partial charge in [0.25, 0.3) is 0 Å². The Balaban J connectivity index is 2.06. The van der Waals surface area contributed by atoms with Crippen LogP contribution in [0.1, 0.15) is 24.5 Å². The molecule has 2 rings (SSSR count). The van der Waals surface area contributed by atoms with E-state index >= 15 is 0 Å². The third-order valence-electron chi connectivity index (χ3n) is 2.70. The van der Waals surface area contributed by atoms with E-state index in [0.717, 1.165) is 6.42 Å². The molecule has 0 saturated carbocycles. The van der Waals surface area contributed by atoms with E-state index in [1.54, 1.807) is 11.3 Å². The first-order chi connectivity index (χ1) is 9.22. The number of ether oxygens (including phenoxy) is 1. The Bertz CT molecular complexity index is 541. The van der Waals surface area contributed by atoms with Crippen molar-refractivity contribution in [3.8, 4) is 5.88 Å². The minimum Gasteiger partial charge on any atom is -0.476 e. The van der Waals surface area contributed by atoms with Gasteiger partial charge in [-0.05, 0) is 35.2 Å². The number of anilines is 2. The topological polar surface area (TPSA) is 73.1 Å². The molecule has 0 amide bonds. The first-order valence-electron chi connectivity index (χ1n) is 6.21. The Labute approximate surface area is 116 Å². The van der Waals surface area contributed by atoms with E-state index in [0.29, 0.717) is 30.5 Å². The van der Waals surface area contributed by atoms with E-state index in [9.17, 15) is 0 Å². The van der Waals surface area contributed by atoms with Crippen molar-refractivity contribution in [1.82, 2.24) is 9.97 Å². The van der Waals surface area contributed by atoms with E-state index in [4.69, 9.17) is 10.5 Å². The first-order valence-corrected chi connectivity index (χ1v) is 7.15. The zero-order valence-corrected chi connectivity index (χ0v) is 12.0. The fourth-order valence-corrected chi connectivity index (χ4v) is 2.44. The highest BCUT2D eigenvalue weighted by Crippen LogP contribution is 2.25. The molecular formula is C13H18N4OS. The van der Waals surface area contributed by atoms with Crippen molar-refractivity contribution in [1.29, 1.82) is 0 Å². The Hall–Kier alpha value is -1.82. The van der Waals surface area contributed by atoms with Gasteiger partial charge in [-0.2, -0.15) is 16.3 Å². The van der Waals surface area contributed by atoms with Crippen LogP contribution in [-0.2, 0) is 6.54 Å². The van der Waals surface area contributed by atoms with Crippen molar-refractivity contribution in [2.24, 2.45) is 0 Å². The average molecular weight is 278 g/mol. The molecule has 102 valence electrons. The summed E-state index contributed by atoms with van der Waals surface area (Å²) in [7, 11) is 0. The zero-order chi connectivity index (χ0) is 13.7. The van der Waals surface area contributed by atoms with Gasteiger partial charge in [-0.15, -0.1) is 0 Å². The molecule has 2 aromatic rings. The van der Waals surface area contributed by atoms with Crippen LogP contribution < -0.4 is 15.8 Å². The van der Waals surface area contributed by atoms with E-state index in [-0.39, 0.29) is 0 Å². The van der Waals surface area contributed by atoms with Crippen molar-refractivity contribution in [3.63, 3.8) is 0 Å². The van der Waals surface area contributed by atoms with E-state index < -0.39 is 0 Å². The Kier molecular flexibility index (Phi) is 4.57. The lowest BCUT2D eigenvalue weighted by Gasteiger charge is -2.11. The molecular weight excluding hydrogens is 260 g/mol. The lowest BCUT2D eigenvalue weighted by molar-refractivity contribution is 0.306. The Morgan fingerprint density at radius 3 is 2.89 bits per heavy atom. The smallest absolute Gasteiger partial charge is 0.242 e. The molecule has 0 bridgehead atoms. The molecule has 3 N–H and O–H groups in total. The largest absolute Gasteiger partial charge is 0.476 e. The van der Waals surface area contributed by atoms with Crippen LogP contribution in [0.25, 0.3) is 0 Å². The Morgan fingerprint density at radius 1 is 1.37 bits per heavy atom. The van der Waals surface area contributed by atoms with Gasteiger partial charge in [-0.1, -0.05) is 6.92 Å². The molecule has 0 radical (unpaired) electrons. The van der Waals surface area contributed by atoms with Gasteiger partial charge in [0, 0.05) is 6.54 Å². The number of hydrogen-bond donors (Lipinski definition) is 2. The van der Waals surface area contributed by atoms with Gasteiger partial charge in [-0.3, -0.25) is 0 Å². The predicted molar refractivity (Wildman–Crippen MR) is 78.6 cm³/mol. The molecule has 0 aliphatic heterocycles. The molecule has 0 aliphatic carbocycles. The van der Waals surface area contributed by atoms with Crippen LogP contribution in [0.3, 0.4) is 0 Å². The Morgan fingerprint density at radius 2 is 2.21 bits per heavy atom. The number of aromatic nitrogens is 2. The number of nitrogens with one attached hydrogen (secondary N) is 1. The standard InChI is InChI=1S/C13H18N4OS/c1-3-4-18-13-11(14)12(16-8-17-13)15-5-10-7-19-6-9(10)2/h6-8H,3-5,14H2,1-2H3,(H,15,16,17). The van der Waals surface area contributed by atoms with Gasteiger partial charge >= 0.3 is 0 Å². The van der Waals surface area contributed by atoms with Gasteiger partial charge < -0.3 is 15.8 Å². The molecule has 5 nitrogen and oxygen atoms in total. The minimum absolute atomic E-state index is 0.446. The third kappa shape index (κ3) is 3.35. The molecule has 0 aromatic carbocycles. The van der Waals surface area contributed by atoms with Crippen molar-refractivity contribution in [3.05, 3.63) is 28.2 Å². The summed E-state index contributed by atoms with van der Waals surface area (Å²) in [6.07, 6.45) is 2.38. The van der Waals surface area contributed by atoms with Crippen molar-refractivity contribution in [2.75, 3.05) is 17.7 Å². The highest BCUT2D eigenvalue weighted by molar-refractivity contribution is 7.08. The summed E-state index contributed by atoms with van der Waals surface area (Å²) in [5.74, 6) is 1.06. The number of hydrogen-bond acceptors (Lipinski definition) is 6. The number of aryl methyl sites for hydroxylation is 1. The second kappa shape index (κ2) is 6.38. The molecule has 6 heteroatoms. The maximum absolute atomic E-state index is 5.99. The van der Waals surface area contributed by atoms with Crippen molar-refractivity contribution >= 4 is 22.8 Å². The summed E-state index contributed by atoms with van der Waals surface area (Å²) >= 11 is 1.69. The van der Waals surface area contributed by atoms with E-state index in [1.807, 2.05) is 6.92 Å². The second-order valence-electron chi connectivity index (χ2n) is 4.22. The third-order valence-corrected chi connectivity index (χ3v) is 3.61. The summed E-state index contributed by atoms with van der Waals surface area (Å²) in [5.41, 5.74) is 8.97. The SMILES string of the molecule is CCCOc1ncnc(NCc2cscc2C)c1N. The van der Waals surface area contributed by atoms with Crippen molar-refractivity contribution in [2.45, 2.75) is 26.8 Å². The quantitative estimate of drug-likeness (QED) is 0.850. The van der Waals surface area contributed by atoms with Crippen LogP contribution in [0.2, 0.25) is 0 Å². The second-order valence-corrected chi connectivity index (χ2v) is 4.97. The highest BCUT2D eigenvalue weighted by Gasteiger charge is 2.09. The summed E-state index contributed by atoms with van der Waals surface area (Å²) < 4.78 is 5.47. The number of nitrogens with two attached hydrogens (primary N) is 1. The fourth-order valence-electron chi connectivity index (χ4n) is 1.58. The lowest BCUT2D eigenvalue weighted by atomic mass is 10.2. The zero-order valence-electron chi connectivity index (χ0n) is 11.1. The molecule has 0 aliphatic rings. The van der Waals surface area contributed by atoms with Crippen LogP contribution in [-0.4, -0.2) is 16.6 Å². The molecule has 0 saturated heterocycles.